The van der Waals surface area contributed by atoms with Crippen molar-refractivity contribution >= 4 is 42.5 Å². The Hall–Kier alpha value is -5.23. The van der Waals surface area contributed by atoms with Crippen LogP contribution in [0.4, 0.5) is 5.69 Å². The lowest BCUT2D eigenvalue weighted by molar-refractivity contribution is 0.102. The largest absolute Gasteiger partial charge is 0.487 e. The minimum absolute atomic E-state index is 0.0589. The first kappa shape index (κ1) is 31.4. The molecule has 1 amide bonds. The molecule has 9 nitrogen and oxygen atoms in total. The van der Waals surface area contributed by atoms with Crippen LogP contribution in [0, 0.1) is 0 Å². The second-order valence-electron chi connectivity index (χ2n) is 11.4. The number of hydrogen-bond acceptors (Lipinski definition) is 6. The quantitative estimate of drug-likeness (QED) is 0.188. The molecule has 0 radical (unpaired) electrons. The van der Waals surface area contributed by atoms with Gasteiger partial charge in [-0.3, -0.25) is 4.79 Å². The second kappa shape index (κ2) is 12.8. The van der Waals surface area contributed by atoms with Crippen LogP contribution in [0.25, 0.3) is 10.9 Å². The van der Waals surface area contributed by atoms with Crippen LogP contribution in [0.3, 0.4) is 0 Å². The topological polar surface area (TPSA) is 115 Å². The molecule has 7 rings (SSSR count). The van der Waals surface area contributed by atoms with E-state index in [4.69, 9.17) is 4.74 Å². The van der Waals surface area contributed by atoms with Gasteiger partial charge in [-0.25, -0.2) is 20.8 Å². The van der Waals surface area contributed by atoms with Crippen LogP contribution in [0.1, 0.15) is 27.2 Å². The molecule has 11 heteroatoms. The summed E-state index contributed by atoms with van der Waals surface area (Å²) in [6.07, 6.45) is 0.147. The lowest BCUT2D eigenvalue weighted by atomic mass is 10.1. The zero-order valence-electron chi connectivity index (χ0n) is 25.7. The minimum Gasteiger partial charge on any atom is -0.487 e. The summed E-state index contributed by atoms with van der Waals surface area (Å²) in [5.41, 5.74) is 2.98. The van der Waals surface area contributed by atoms with Crippen LogP contribution in [-0.4, -0.2) is 37.6 Å². The van der Waals surface area contributed by atoms with Gasteiger partial charge in [-0.1, -0.05) is 84.9 Å². The number of aromatic nitrogens is 1. The standard InChI is InChI=1S/C37H31N3O6S2/c41-37(28-15-7-2-8-16-28)38-33-23-31-32-25-39(47(42,43)29-17-9-3-10-18-29)22-21-34(32)40(48(44,45)30-19-11-4-12-20-30)35(31)24-36(33)46-26-27-13-5-1-6-14-27/h1-20,23-24H,21-22,25-26H2,(H,38,41). The number of benzene rings is 5. The van der Waals surface area contributed by atoms with Crippen LogP contribution in [0.5, 0.6) is 5.75 Å². The third-order valence-corrected chi connectivity index (χ3v) is 12.0. The molecule has 0 bridgehead atoms. The van der Waals surface area contributed by atoms with E-state index in [1.807, 2.05) is 36.4 Å². The SMILES string of the molecule is O=C(Nc1cc2c3c(n(S(=O)(=O)c4ccccc4)c2cc1OCc1ccccc1)CCN(S(=O)(=O)c1ccccc1)C3)c1ccccc1. The van der Waals surface area contributed by atoms with E-state index in [1.165, 1.54) is 20.4 Å². The maximum absolute atomic E-state index is 14.3. The Kier molecular flexibility index (Phi) is 8.34. The second-order valence-corrected chi connectivity index (χ2v) is 15.1. The van der Waals surface area contributed by atoms with Crippen molar-refractivity contribution in [3.63, 3.8) is 0 Å². The number of hydrogen-bond donors (Lipinski definition) is 1. The predicted molar refractivity (Wildman–Crippen MR) is 184 cm³/mol. The molecule has 5 aromatic carbocycles. The van der Waals surface area contributed by atoms with Crippen LogP contribution < -0.4 is 10.1 Å². The van der Waals surface area contributed by atoms with E-state index >= 15 is 0 Å². The summed E-state index contributed by atoms with van der Waals surface area (Å²) in [5, 5.41) is 3.45. The Morgan fingerprint density at radius 3 is 1.90 bits per heavy atom. The van der Waals surface area contributed by atoms with Gasteiger partial charge in [0.25, 0.3) is 15.9 Å². The highest BCUT2D eigenvalue weighted by Gasteiger charge is 2.35. The molecule has 0 spiro atoms. The van der Waals surface area contributed by atoms with E-state index in [2.05, 4.69) is 5.32 Å². The van der Waals surface area contributed by atoms with Gasteiger partial charge in [-0.05, 0) is 53.6 Å². The molecular formula is C37H31N3O6S2. The zero-order valence-corrected chi connectivity index (χ0v) is 27.3. The van der Waals surface area contributed by atoms with Crippen molar-refractivity contribution in [3.8, 4) is 5.75 Å². The molecule has 1 aliphatic heterocycles. The number of sulfonamides is 1. The Labute approximate surface area is 279 Å². The van der Waals surface area contributed by atoms with E-state index in [-0.39, 0.29) is 47.6 Å². The third-order valence-electron chi connectivity index (χ3n) is 8.35. The maximum atomic E-state index is 14.3. The van der Waals surface area contributed by atoms with Crippen molar-refractivity contribution in [2.24, 2.45) is 0 Å². The van der Waals surface area contributed by atoms with Crippen LogP contribution in [0.15, 0.2) is 143 Å². The highest BCUT2D eigenvalue weighted by molar-refractivity contribution is 7.90. The molecule has 0 atom stereocenters. The minimum atomic E-state index is -4.13. The number of anilines is 1. The Morgan fingerprint density at radius 1 is 0.708 bits per heavy atom. The van der Waals surface area contributed by atoms with Gasteiger partial charge in [0.1, 0.15) is 12.4 Å². The molecule has 0 unspecified atom stereocenters. The third kappa shape index (κ3) is 5.87. The Bertz CT molecular complexity index is 2330. The van der Waals surface area contributed by atoms with E-state index < -0.39 is 20.0 Å². The number of amides is 1. The van der Waals surface area contributed by atoms with E-state index in [0.717, 1.165) is 5.56 Å². The van der Waals surface area contributed by atoms with Gasteiger partial charge < -0.3 is 10.1 Å². The molecule has 1 aromatic heterocycles. The fourth-order valence-electron chi connectivity index (χ4n) is 5.97. The Balaban J connectivity index is 1.41. The number of carbonyl (C=O) groups is 1. The fourth-order valence-corrected chi connectivity index (χ4v) is 9.02. The highest BCUT2D eigenvalue weighted by Crippen LogP contribution is 2.40. The summed E-state index contributed by atoms with van der Waals surface area (Å²) in [5.74, 6) is -0.109. The fraction of sp³-hybridized carbons (Fsp3) is 0.108. The highest BCUT2D eigenvalue weighted by atomic mass is 32.2. The van der Waals surface area contributed by atoms with Gasteiger partial charge in [0, 0.05) is 42.2 Å². The van der Waals surface area contributed by atoms with Crippen LogP contribution >= 0.6 is 0 Å². The van der Waals surface area contributed by atoms with Crippen molar-refractivity contribution in [3.05, 3.63) is 156 Å². The summed E-state index contributed by atoms with van der Waals surface area (Å²) in [6.45, 7) is 0.187. The van der Waals surface area contributed by atoms with Gasteiger partial charge >= 0.3 is 0 Å². The monoisotopic (exact) mass is 677 g/mol. The lowest BCUT2D eigenvalue weighted by Gasteiger charge is -2.27. The number of rotatable bonds is 9. The number of carbonyl (C=O) groups excluding carboxylic acids is 1. The molecule has 48 heavy (non-hydrogen) atoms. The van der Waals surface area contributed by atoms with E-state index in [1.54, 1.807) is 84.9 Å². The maximum Gasteiger partial charge on any atom is 0.268 e. The lowest BCUT2D eigenvalue weighted by Crippen LogP contribution is -2.36. The molecular weight excluding hydrogens is 647 g/mol. The van der Waals surface area contributed by atoms with Crippen molar-refractivity contribution in [2.75, 3.05) is 11.9 Å². The average molecular weight is 678 g/mol. The first-order valence-corrected chi connectivity index (χ1v) is 18.2. The summed E-state index contributed by atoms with van der Waals surface area (Å²) in [7, 11) is -8.01. The molecule has 1 aliphatic rings. The zero-order chi connectivity index (χ0) is 33.3. The van der Waals surface area contributed by atoms with E-state index in [0.29, 0.717) is 33.4 Å². The normalized spacial score (nSPS) is 13.6. The Morgan fingerprint density at radius 2 is 1.27 bits per heavy atom. The smallest absolute Gasteiger partial charge is 0.268 e. The van der Waals surface area contributed by atoms with Crippen molar-refractivity contribution < 1.29 is 26.4 Å². The summed E-state index contributed by atoms with van der Waals surface area (Å²) in [4.78, 5) is 13.6. The summed E-state index contributed by atoms with van der Waals surface area (Å²) < 4.78 is 65.1. The number of ether oxygens (including phenoxy) is 1. The molecule has 2 heterocycles. The van der Waals surface area contributed by atoms with Crippen LogP contribution in [0.2, 0.25) is 0 Å². The van der Waals surface area contributed by atoms with Gasteiger partial charge in [-0.15, -0.1) is 0 Å². The van der Waals surface area contributed by atoms with E-state index in [9.17, 15) is 21.6 Å². The predicted octanol–water partition coefficient (Wildman–Crippen LogP) is 6.46. The number of nitrogens with one attached hydrogen (secondary N) is 1. The van der Waals surface area contributed by atoms with Gasteiger partial charge in [0.05, 0.1) is 21.0 Å². The molecule has 0 saturated carbocycles. The van der Waals surface area contributed by atoms with Gasteiger partial charge in [0.15, 0.2) is 0 Å². The molecule has 0 aliphatic carbocycles. The summed E-state index contributed by atoms with van der Waals surface area (Å²) in [6, 6.07) is 37.8. The summed E-state index contributed by atoms with van der Waals surface area (Å²) >= 11 is 0. The van der Waals surface area contributed by atoms with Crippen molar-refractivity contribution in [2.45, 2.75) is 29.4 Å². The van der Waals surface area contributed by atoms with Crippen LogP contribution in [-0.2, 0) is 39.6 Å². The van der Waals surface area contributed by atoms with Gasteiger partial charge in [0.2, 0.25) is 10.0 Å². The first-order valence-electron chi connectivity index (χ1n) is 15.3. The molecule has 6 aromatic rings. The number of fused-ring (bicyclic) bond motifs is 3. The van der Waals surface area contributed by atoms with Crippen molar-refractivity contribution in [1.82, 2.24) is 8.28 Å². The number of nitrogens with zero attached hydrogens (tertiary/aromatic N) is 2. The van der Waals surface area contributed by atoms with Crippen molar-refractivity contribution in [1.29, 1.82) is 0 Å². The first-order chi connectivity index (χ1) is 23.2. The average Bonchev–Trinajstić information content (AvgIpc) is 3.45. The molecule has 0 fully saturated rings. The molecule has 242 valence electrons. The molecule has 1 N–H and O–H groups in total. The molecule has 0 saturated heterocycles. The van der Waals surface area contributed by atoms with Gasteiger partial charge in [-0.2, -0.15) is 4.31 Å².